The van der Waals surface area contributed by atoms with E-state index in [0.29, 0.717) is 16.9 Å². The fraction of sp³-hybridized carbons (Fsp3) is 0.364. The van der Waals surface area contributed by atoms with Crippen molar-refractivity contribution in [3.05, 3.63) is 41.2 Å². The Balaban J connectivity index is 2.23. The number of halogens is 1. The van der Waals surface area contributed by atoms with Crippen LogP contribution in [0.15, 0.2) is 24.3 Å². The first kappa shape index (κ1) is 24.3. The number of ether oxygens (including phenoxy) is 1. The standard InChI is InChI=1S/C22H28B2FNO5/c1-10(2)14-8-13(9-17(25)20(14)28)31-21-15(23)5-12(6-16(21)24)7-18(27)26-19(11(3)4)22(29)30/h5-6,8-11,19,28H,7,23-24H2,1-4H3,(H,26,27)(H,29,30)/t19-/m1/s1. The molecule has 6 nitrogen and oxygen atoms in total. The molecule has 0 radical (unpaired) electrons. The van der Waals surface area contributed by atoms with Gasteiger partial charge in [-0.05, 0) is 34.4 Å². The number of nitrogens with one attached hydrogen (secondary N) is 1. The summed E-state index contributed by atoms with van der Waals surface area (Å²) in [6.07, 6.45) is 0.0315. The molecule has 9 heteroatoms. The van der Waals surface area contributed by atoms with Crippen LogP contribution < -0.4 is 21.0 Å². The summed E-state index contributed by atoms with van der Waals surface area (Å²) in [5.41, 5.74) is 2.67. The van der Waals surface area contributed by atoms with Crippen molar-refractivity contribution in [2.45, 2.75) is 46.1 Å². The summed E-state index contributed by atoms with van der Waals surface area (Å²) in [7, 11) is 3.63. The van der Waals surface area contributed by atoms with Gasteiger partial charge in [0.25, 0.3) is 0 Å². The lowest BCUT2D eigenvalue weighted by Crippen LogP contribution is -2.45. The summed E-state index contributed by atoms with van der Waals surface area (Å²) in [4.78, 5) is 23.6. The van der Waals surface area contributed by atoms with Crippen molar-refractivity contribution in [2.24, 2.45) is 5.92 Å². The molecular formula is C22H28B2FNO5. The predicted octanol–water partition coefficient (Wildman–Crippen LogP) is 0.732. The van der Waals surface area contributed by atoms with Crippen LogP contribution in [-0.4, -0.2) is 43.8 Å². The second kappa shape index (κ2) is 9.90. The Labute approximate surface area is 183 Å². The molecular weight excluding hydrogens is 399 g/mol. The van der Waals surface area contributed by atoms with Crippen LogP contribution in [0.1, 0.15) is 44.7 Å². The molecule has 2 rings (SSSR count). The number of benzene rings is 2. The van der Waals surface area contributed by atoms with E-state index in [1.54, 1.807) is 32.0 Å². The van der Waals surface area contributed by atoms with Gasteiger partial charge in [-0.15, -0.1) is 0 Å². The number of carbonyl (C=O) groups excluding carboxylic acids is 1. The summed E-state index contributed by atoms with van der Waals surface area (Å²) in [6.45, 7) is 7.17. The van der Waals surface area contributed by atoms with Gasteiger partial charge in [0.1, 0.15) is 33.2 Å². The number of hydrogen-bond donors (Lipinski definition) is 3. The highest BCUT2D eigenvalue weighted by Gasteiger charge is 2.23. The minimum Gasteiger partial charge on any atom is -0.505 e. The number of carboxylic acids is 1. The Kier molecular flexibility index (Phi) is 7.76. The largest absolute Gasteiger partial charge is 0.505 e. The highest BCUT2D eigenvalue weighted by Crippen LogP contribution is 2.33. The van der Waals surface area contributed by atoms with Gasteiger partial charge in [-0.2, -0.15) is 0 Å². The average Bonchev–Trinajstić information content (AvgIpc) is 2.64. The van der Waals surface area contributed by atoms with Crippen LogP contribution in [0.2, 0.25) is 0 Å². The van der Waals surface area contributed by atoms with Crippen LogP contribution in [-0.2, 0) is 16.0 Å². The lowest BCUT2D eigenvalue weighted by Gasteiger charge is -2.19. The number of aliphatic carboxylic acids is 1. The Hall–Kier alpha value is -2.96. The van der Waals surface area contributed by atoms with E-state index >= 15 is 0 Å². The lowest BCUT2D eigenvalue weighted by atomic mass is 9.83. The zero-order valence-corrected chi connectivity index (χ0v) is 18.7. The molecule has 0 saturated heterocycles. The number of phenolic OH excluding ortho intramolecular Hbond substituents is 1. The fourth-order valence-corrected chi connectivity index (χ4v) is 3.44. The monoisotopic (exact) mass is 427 g/mol. The lowest BCUT2D eigenvalue weighted by molar-refractivity contribution is -0.143. The van der Waals surface area contributed by atoms with Gasteiger partial charge < -0.3 is 20.3 Å². The molecule has 2 aromatic carbocycles. The number of phenols is 1. The van der Waals surface area contributed by atoms with Crippen molar-refractivity contribution in [2.75, 3.05) is 0 Å². The topological polar surface area (TPSA) is 95.9 Å². The Morgan fingerprint density at radius 3 is 2.16 bits per heavy atom. The normalized spacial score (nSPS) is 12.1. The van der Waals surface area contributed by atoms with Crippen molar-refractivity contribution in [3.8, 4) is 17.2 Å². The van der Waals surface area contributed by atoms with Gasteiger partial charge in [-0.1, -0.05) is 39.8 Å². The minimum atomic E-state index is -1.07. The molecule has 0 aliphatic heterocycles. The first-order valence-corrected chi connectivity index (χ1v) is 10.2. The first-order chi connectivity index (χ1) is 14.4. The van der Waals surface area contributed by atoms with Crippen LogP contribution in [0.5, 0.6) is 17.2 Å². The molecule has 0 aromatic heterocycles. The van der Waals surface area contributed by atoms with Crippen molar-refractivity contribution in [1.82, 2.24) is 5.32 Å². The SMILES string of the molecule is Bc1cc(CC(=O)N[C@@H](C(=O)O)C(C)C)cc(B)c1Oc1cc(F)c(O)c(C(C)C)c1. The highest BCUT2D eigenvalue weighted by molar-refractivity contribution is 6.41. The summed E-state index contributed by atoms with van der Waals surface area (Å²) in [5.74, 6) is -2.08. The quantitative estimate of drug-likeness (QED) is 0.541. The van der Waals surface area contributed by atoms with E-state index in [0.717, 1.165) is 17.0 Å². The molecule has 0 fully saturated rings. The zero-order chi connectivity index (χ0) is 23.5. The molecule has 0 spiro atoms. The van der Waals surface area contributed by atoms with Crippen molar-refractivity contribution in [3.63, 3.8) is 0 Å². The van der Waals surface area contributed by atoms with Gasteiger partial charge in [0.15, 0.2) is 11.6 Å². The van der Waals surface area contributed by atoms with Crippen molar-refractivity contribution >= 4 is 38.5 Å². The number of carbonyl (C=O) groups is 2. The Bertz CT molecular complexity index is 971. The third-order valence-electron chi connectivity index (χ3n) is 5.04. The molecule has 0 aliphatic carbocycles. The number of carboxylic acid groups (broad SMARTS) is 1. The van der Waals surface area contributed by atoms with E-state index < -0.39 is 17.8 Å². The first-order valence-electron chi connectivity index (χ1n) is 10.2. The number of amides is 1. The maximum atomic E-state index is 14.1. The van der Waals surface area contributed by atoms with Gasteiger partial charge in [0, 0.05) is 11.6 Å². The minimum absolute atomic E-state index is 0.0315. The summed E-state index contributed by atoms with van der Waals surface area (Å²) < 4.78 is 20.0. The van der Waals surface area contributed by atoms with Crippen molar-refractivity contribution < 1.29 is 28.9 Å². The third-order valence-corrected chi connectivity index (χ3v) is 5.04. The maximum Gasteiger partial charge on any atom is 0.326 e. The van der Waals surface area contributed by atoms with Crippen LogP contribution in [0.4, 0.5) is 4.39 Å². The molecule has 3 N–H and O–H groups in total. The molecule has 0 saturated carbocycles. The van der Waals surface area contributed by atoms with Gasteiger partial charge in [-0.25, -0.2) is 9.18 Å². The molecule has 1 amide bonds. The van der Waals surface area contributed by atoms with Crippen LogP contribution >= 0.6 is 0 Å². The third kappa shape index (κ3) is 6.03. The Morgan fingerprint density at radius 2 is 1.68 bits per heavy atom. The number of hydrogen-bond acceptors (Lipinski definition) is 4. The summed E-state index contributed by atoms with van der Waals surface area (Å²) >= 11 is 0. The maximum absolute atomic E-state index is 14.1. The van der Waals surface area contributed by atoms with Crippen LogP contribution in [0.3, 0.4) is 0 Å². The molecule has 0 bridgehead atoms. The smallest absolute Gasteiger partial charge is 0.326 e. The molecule has 0 aliphatic rings. The van der Waals surface area contributed by atoms with E-state index in [1.165, 1.54) is 0 Å². The van der Waals surface area contributed by atoms with Crippen LogP contribution in [0, 0.1) is 11.7 Å². The second-order valence-corrected chi connectivity index (χ2v) is 8.46. The number of rotatable bonds is 8. The van der Waals surface area contributed by atoms with E-state index in [2.05, 4.69) is 5.32 Å². The zero-order valence-electron chi connectivity index (χ0n) is 18.7. The van der Waals surface area contributed by atoms with E-state index in [1.807, 2.05) is 29.5 Å². The summed E-state index contributed by atoms with van der Waals surface area (Å²) in [5, 5.41) is 21.7. The second-order valence-electron chi connectivity index (χ2n) is 8.46. The fourth-order valence-electron chi connectivity index (χ4n) is 3.44. The number of aromatic hydroxyl groups is 1. The molecule has 0 unspecified atom stereocenters. The van der Waals surface area contributed by atoms with E-state index in [-0.39, 0.29) is 35.7 Å². The molecule has 164 valence electrons. The van der Waals surface area contributed by atoms with Gasteiger partial charge in [0.2, 0.25) is 5.91 Å². The Morgan fingerprint density at radius 1 is 1.10 bits per heavy atom. The summed E-state index contributed by atoms with van der Waals surface area (Å²) in [6, 6.07) is 5.37. The predicted molar refractivity (Wildman–Crippen MR) is 123 cm³/mol. The van der Waals surface area contributed by atoms with Crippen LogP contribution in [0.25, 0.3) is 0 Å². The average molecular weight is 427 g/mol. The molecule has 31 heavy (non-hydrogen) atoms. The van der Waals surface area contributed by atoms with Gasteiger partial charge >= 0.3 is 5.97 Å². The van der Waals surface area contributed by atoms with E-state index in [4.69, 9.17) is 4.74 Å². The van der Waals surface area contributed by atoms with E-state index in [9.17, 15) is 24.2 Å². The van der Waals surface area contributed by atoms with Crippen molar-refractivity contribution in [1.29, 1.82) is 0 Å². The van der Waals surface area contributed by atoms with Gasteiger partial charge in [-0.3, -0.25) is 4.79 Å². The molecule has 1 atom stereocenters. The highest BCUT2D eigenvalue weighted by atomic mass is 19.1. The molecule has 0 heterocycles. The van der Waals surface area contributed by atoms with Gasteiger partial charge in [0.05, 0.1) is 6.42 Å². The molecule has 2 aromatic rings.